The van der Waals surface area contributed by atoms with Gasteiger partial charge in [-0.05, 0) is 54.6 Å². The highest BCUT2D eigenvalue weighted by Crippen LogP contribution is 2.23. The zero-order valence-electron chi connectivity index (χ0n) is 15.8. The van der Waals surface area contributed by atoms with Gasteiger partial charge in [0.1, 0.15) is 23.0 Å². The lowest BCUT2D eigenvalue weighted by molar-refractivity contribution is -0.132. The van der Waals surface area contributed by atoms with Gasteiger partial charge in [-0.2, -0.15) is 0 Å². The van der Waals surface area contributed by atoms with Crippen LogP contribution in [0.4, 0.5) is 15.8 Å². The molecule has 0 saturated heterocycles. The number of aromatic nitrogens is 1. The molecule has 0 aliphatic carbocycles. The van der Waals surface area contributed by atoms with E-state index in [2.05, 4.69) is 20.9 Å². The van der Waals surface area contributed by atoms with E-state index in [4.69, 9.17) is 4.74 Å². The first-order valence-electron chi connectivity index (χ1n) is 8.78. The first-order valence-corrected chi connectivity index (χ1v) is 8.78. The van der Waals surface area contributed by atoms with Crippen LogP contribution in [-0.2, 0) is 9.59 Å². The van der Waals surface area contributed by atoms with Crippen LogP contribution in [0.2, 0.25) is 0 Å². The molecule has 8 nitrogen and oxygen atoms in total. The number of nitrogens with one attached hydrogen (secondary N) is 3. The Labute approximate surface area is 171 Å². The zero-order valence-corrected chi connectivity index (χ0v) is 15.8. The van der Waals surface area contributed by atoms with E-state index in [1.54, 1.807) is 30.3 Å². The fourth-order valence-electron chi connectivity index (χ4n) is 2.38. The minimum Gasteiger partial charge on any atom is -0.457 e. The molecule has 0 spiro atoms. The second-order valence-corrected chi connectivity index (χ2v) is 6.00. The van der Waals surface area contributed by atoms with Gasteiger partial charge >= 0.3 is 11.8 Å². The molecule has 0 aliphatic rings. The Morgan fingerprint density at radius 3 is 1.97 bits per heavy atom. The normalized spacial score (nSPS) is 10.1. The molecule has 30 heavy (non-hydrogen) atoms. The van der Waals surface area contributed by atoms with Gasteiger partial charge in [0.25, 0.3) is 5.91 Å². The molecule has 0 bridgehead atoms. The van der Waals surface area contributed by atoms with Gasteiger partial charge in [0, 0.05) is 30.7 Å². The summed E-state index contributed by atoms with van der Waals surface area (Å²) < 4.78 is 18.6. The Balaban J connectivity index is 1.59. The highest BCUT2D eigenvalue weighted by molar-refractivity contribution is 6.43. The van der Waals surface area contributed by atoms with Gasteiger partial charge in [0.15, 0.2) is 0 Å². The van der Waals surface area contributed by atoms with Gasteiger partial charge in [0.2, 0.25) is 0 Å². The van der Waals surface area contributed by atoms with Gasteiger partial charge in [0.05, 0.1) is 0 Å². The van der Waals surface area contributed by atoms with Crippen molar-refractivity contribution in [2.24, 2.45) is 0 Å². The van der Waals surface area contributed by atoms with Crippen LogP contribution in [0.3, 0.4) is 0 Å². The summed E-state index contributed by atoms with van der Waals surface area (Å²) in [5.74, 6) is -1.68. The van der Waals surface area contributed by atoms with Gasteiger partial charge in [-0.3, -0.25) is 19.4 Å². The number of hydrogen-bond acceptors (Lipinski definition) is 5. The van der Waals surface area contributed by atoms with Gasteiger partial charge < -0.3 is 20.7 Å². The Morgan fingerprint density at radius 1 is 0.833 bits per heavy atom. The number of benzene rings is 2. The molecule has 0 saturated carbocycles. The number of ether oxygens (including phenoxy) is 1. The zero-order chi connectivity index (χ0) is 21.5. The van der Waals surface area contributed by atoms with Crippen molar-refractivity contribution in [2.75, 3.05) is 17.7 Å². The topological polar surface area (TPSA) is 109 Å². The fourth-order valence-corrected chi connectivity index (χ4v) is 2.38. The SMILES string of the molecule is CNC(=O)c1cc(Oc2ccc(NC(=O)C(=O)Nc3ccc(F)cc3)cc2)ccn1. The first-order chi connectivity index (χ1) is 14.4. The lowest BCUT2D eigenvalue weighted by atomic mass is 10.3. The number of halogens is 1. The van der Waals surface area contributed by atoms with Gasteiger partial charge in [-0.1, -0.05) is 0 Å². The predicted molar refractivity (Wildman–Crippen MR) is 108 cm³/mol. The highest BCUT2D eigenvalue weighted by atomic mass is 19.1. The smallest absolute Gasteiger partial charge is 0.314 e. The molecule has 3 N–H and O–H groups in total. The number of amides is 3. The maximum Gasteiger partial charge on any atom is 0.314 e. The van der Waals surface area contributed by atoms with Crippen molar-refractivity contribution in [2.45, 2.75) is 0 Å². The Bertz CT molecular complexity index is 1070. The fraction of sp³-hybridized carbons (Fsp3) is 0.0476. The average Bonchev–Trinajstić information content (AvgIpc) is 2.76. The van der Waals surface area contributed by atoms with Crippen molar-refractivity contribution in [3.05, 3.63) is 78.4 Å². The number of carbonyl (C=O) groups excluding carboxylic acids is 3. The number of pyridine rings is 1. The summed E-state index contributed by atoms with van der Waals surface area (Å²) in [5, 5.41) is 7.30. The molecule has 1 heterocycles. The molecule has 1 aromatic heterocycles. The van der Waals surface area contributed by atoms with Gasteiger partial charge in [-0.15, -0.1) is 0 Å². The van der Waals surface area contributed by atoms with Crippen molar-refractivity contribution in [1.82, 2.24) is 10.3 Å². The average molecular weight is 408 g/mol. The Hall–Kier alpha value is -4.27. The third kappa shape index (κ3) is 5.38. The van der Waals surface area contributed by atoms with Crippen LogP contribution in [0.5, 0.6) is 11.5 Å². The molecular weight excluding hydrogens is 391 g/mol. The summed E-state index contributed by atoms with van der Waals surface area (Å²) in [6.45, 7) is 0. The van der Waals surface area contributed by atoms with E-state index >= 15 is 0 Å². The lowest BCUT2D eigenvalue weighted by Crippen LogP contribution is -2.29. The van der Waals surface area contributed by atoms with E-state index in [-0.39, 0.29) is 11.6 Å². The molecule has 0 aliphatic heterocycles. The highest BCUT2D eigenvalue weighted by Gasteiger charge is 2.14. The number of nitrogens with zero attached hydrogens (tertiary/aromatic N) is 1. The predicted octanol–water partition coefficient (Wildman–Crippen LogP) is 2.95. The van der Waals surface area contributed by atoms with Crippen LogP contribution in [-0.4, -0.2) is 29.8 Å². The number of rotatable bonds is 5. The molecule has 9 heteroatoms. The van der Waals surface area contributed by atoms with E-state index in [1.807, 2.05) is 0 Å². The maximum absolute atomic E-state index is 12.9. The third-order valence-electron chi connectivity index (χ3n) is 3.85. The van der Waals surface area contributed by atoms with Crippen molar-refractivity contribution < 1.29 is 23.5 Å². The molecule has 0 atom stereocenters. The van der Waals surface area contributed by atoms with E-state index in [0.717, 1.165) is 0 Å². The summed E-state index contributed by atoms with van der Waals surface area (Å²) in [5.41, 5.74) is 0.891. The largest absolute Gasteiger partial charge is 0.457 e. The summed E-state index contributed by atoms with van der Waals surface area (Å²) in [7, 11) is 1.50. The molecule has 0 unspecified atom stereocenters. The van der Waals surface area contributed by atoms with Gasteiger partial charge in [-0.25, -0.2) is 4.39 Å². The summed E-state index contributed by atoms with van der Waals surface area (Å²) in [6, 6.07) is 14.4. The van der Waals surface area contributed by atoms with Crippen LogP contribution >= 0.6 is 0 Å². The standard InChI is InChI=1S/C21H17FN4O4/c1-23-19(27)18-12-17(10-11-24-18)30-16-8-6-15(7-9-16)26-21(29)20(28)25-14-4-2-13(22)3-5-14/h2-12H,1H3,(H,23,27)(H,25,28)(H,26,29). The van der Waals surface area contributed by atoms with Crippen LogP contribution < -0.4 is 20.7 Å². The molecule has 0 radical (unpaired) electrons. The quantitative estimate of drug-likeness (QED) is 0.563. The third-order valence-corrected chi connectivity index (χ3v) is 3.85. The summed E-state index contributed by atoms with van der Waals surface area (Å²) in [6.07, 6.45) is 1.45. The first kappa shape index (κ1) is 20.5. The maximum atomic E-state index is 12.9. The van der Waals surface area contributed by atoms with E-state index in [9.17, 15) is 18.8 Å². The molecule has 0 fully saturated rings. The Kier molecular flexibility index (Phi) is 6.33. The van der Waals surface area contributed by atoms with Crippen LogP contribution in [0.15, 0.2) is 66.9 Å². The van der Waals surface area contributed by atoms with Crippen molar-refractivity contribution in [1.29, 1.82) is 0 Å². The van der Waals surface area contributed by atoms with Crippen molar-refractivity contribution in [3.8, 4) is 11.5 Å². The van der Waals surface area contributed by atoms with Crippen LogP contribution in [0, 0.1) is 5.82 Å². The van der Waals surface area contributed by atoms with Crippen molar-refractivity contribution in [3.63, 3.8) is 0 Å². The second-order valence-electron chi connectivity index (χ2n) is 6.00. The lowest BCUT2D eigenvalue weighted by Gasteiger charge is -2.09. The minimum atomic E-state index is -0.888. The summed E-state index contributed by atoms with van der Waals surface area (Å²) >= 11 is 0. The van der Waals surface area contributed by atoms with E-state index < -0.39 is 17.6 Å². The van der Waals surface area contributed by atoms with Crippen LogP contribution in [0.25, 0.3) is 0 Å². The molecule has 2 aromatic carbocycles. The second kappa shape index (κ2) is 9.28. The molecule has 3 amide bonds. The van der Waals surface area contributed by atoms with E-state index in [1.165, 1.54) is 43.6 Å². The number of hydrogen-bond donors (Lipinski definition) is 3. The minimum absolute atomic E-state index is 0.214. The Morgan fingerprint density at radius 2 is 1.40 bits per heavy atom. The molecule has 152 valence electrons. The number of carbonyl (C=O) groups is 3. The van der Waals surface area contributed by atoms with Crippen LogP contribution in [0.1, 0.15) is 10.5 Å². The molecular formula is C21H17FN4O4. The molecule has 3 rings (SSSR count). The van der Waals surface area contributed by atoms with E-state index in [0.29, 0.717) is 22.9 Å². The molecule has 3 aromatic rings. The monoisotopic (exact) mass is 408 g/mol. The van der Waals surface area contributed by atoms with Crippen molar-refractivity contribution >= 4 is 29.1 Å². The summed E-state index contributed by atoms with van der Waals surface area (Å²) in [4.78, 5) is 39.5. The number of anilines is 2.